The van der Waals surface area contributed by atoms with Gasteiger partial charge in [-0.25, -0.2) is 0 Å². The van der Waals surface area contributed by atoms with E-state index in [4.69, 9.17) is 19.7 Å². The molecular weight excluding hydrogens is 270 g/mol. The molecule has 0 amide bonds. The summed E-state index contributed by atoms with van der Waals surface area (Å²) >= 11 is 0. The van der Waals surface area contributed by atoms with Gasteiger partial charge in [-0.1, -0.05) is 24.2 Å². The van der Waals surface area contributed by atoms with Gasteiger partial charge in [0.05, 0.1) is 7.11 Å². The molecule has 0 spiro atoms. The number of methoxy groups -OCH3 is 1. The van der Waals surface area contributed by atoms with Crippen molar-refractivity contribution in [1.82, 2.24) is 10.1 Å². The molecule has 1 unspecified atom stereocenters. The molecule has 1 aromatic carbocycles. The van der Waals surface area contributed by atoms with E-state index in [0.717, 1.165) is 18.4 Å². The van der Waals surface area contributed by atoms with Crippen LogP contribution in [0.2, 0.25) is 0 Å². The predicted molar refractivity (Wildman–Crippen MR) is 78.3 cm³/mol. The van der Waals surface area contributed by atoms with Crippen molar-refractivity contribution in [3.05, 3.63) is 35.5 Å². The van der Waals surface area contributed by atoms with Crippen LogP contribution in [0.4, 0.5) is 0 Å². The number of nitrogens with two attached hydrogens (primary N) is 1. The third kappa shape index (κ3) is 3.95. The first-order valence-electron chi connectivity index (χ1n) is 6.97. The third-order valence-electron chi connectivity index (χ3n) is 3.20. The highest BCUT2D eigenvalue weighted by atomic mass is 16.5. The number of benzene rings is 1. The van der Waals surface area contributed by atoms with Gasteiger partial charge in [0.15, 0.2) is 23.9 Å². The molecule has 2 aromatic rings. The van der Waals surface area contributed by atoms with Gasteiger partial charge in [-0.3, -0.25) is 0 Å². The van der Waals surface area contributed by atoms with Gasteiger partial charge in [-0.05, 0) is 31.4 Å². The second-order valence-corrected chi connectivity index (χ2v) is 4.84. The summed E-state index contributed by atoms with van der Waals surface area (Å²) in [5.74, 6) is 2.37. The lowest BCUT2D eigenvalue weighted by atomic mass is 10.0. The Morgan fingerprint density at radius 3 is 2.81 bits per heavy atom. The zero-order valence-corrected chi connectivity index (χ0v) is 12.6. The molecule has 114 valence electrons. The van der Waals surface area contributed by atoms with E-state index in [9.17, 15) is 0 Å². The van der Waals surface area contributed by atoms with Crippen molar-refractivity contribution in [2.45, 2.75) is 39.3 Å². The number of ether oxygens (including phenoxy) is 2. The van der Waals surface area contributed by atoms with Gasteiger partial charge in [0.2, 0.25) is 0 Å². The molecule has 0 saturated heterocycles. The SMILES string of the molecule is CCC(N)Cc1cccc(OC)c1OCc1nc(C)no1. The van der Waals surface area contributed by atoms with Crippen LogP contribution in [0.15, 0.2) is 22.7 Å². The van der Waals surface area contributed by atoms with Gasteiger partial charge < -0.3 is 19.7 Å². The topological polar surface area (TPSA) is 83.4 Å². The van der Waals surface area contributed by atoms with Crippen molar-refractivity contribution in [2.24, 2.45) is 5.73 Å². The second kappa shape index (κ2) is 7.08. The van der Waals surface area contributed by atoms with Crippen LogP contribution in [0.3, 0.4) is 0 Å². The molecule has 1 aromatic heterocycles. The molecule has 1 atom stereocenters. The molecule has 0 aliphatic carbocycles. The van der Waals surface area contributed by atoms with Gasteiger partial charge in [0, 0.05) is 6.04 Å². The Bertz CT molecular complexity index is 583. The summed E-state index contributed by atoms with van der Waals surface area (Å²) in [6.45, 7) is 4.03. The maximum atomic E-state index is 6.04. The first-order valence-corrected chi connectivity index (χ1v) is 6.97. The molecule has 0 fully saturated rings. The number of para-hydroxylation sites is 1. The van der Waals surface area contributed by atoms with Crippen LogP contribution in [0, 0.1) is 6.92 Å². The van der Waals surface area contributed by atoms with E-state index in [0.29, 0.717) is 23.2 Å². The summed E-state index contributed by atoms with van der Waals surface area (Å²) in [5, 5.41) is 3.74. The molecule has 0 saturated carbocycles. The highest BCUT2D eigenvalue weighted by molar-refractivity contribution is 5.47. The lowest BCUT2D eigenvalue weighted by Gasteiger charge is -2.16. The Hall–Kier alpha value is -2.08. The van der Waals surface area contributed by atoms with E-state index in [1.165, 1.54) is 0 Å². The summed E-state index contributed by atoms with van der Waals surface area (Å²) in [6.07, 6.45) is 1.63. The van der Waals surface area contributed by atoms with Gasteiger partial charge in [-0.2, -0.15) is 4.98 Å². The van der Waals surface area contributed by atoms with Crippen LogP contribution in [-0.4, -0.2) is 23.3 Å². The van der Waals surface area contributed by atoms with Crippen molar-refractivity contribution in [3.63, 3.8) is 0 Å². The first kappa shape index (κ1) is 15.3. The first-order chi connectivity index (χ1) is 10.1. The standard InChI is InChI=1S/C15H21N3O3/c1-4-12(16)8-11-6-5-7-13(19-3)15(11)20-9-14-17-10(2)18-21-14/h5-7,12H,4,8-9,16H2,1-3H3. The van der Waals surface area contributed by atoms with Gasteiger partial charge in [-0.15, -0.1) is 0 Å². The van der Waals surface area contributed by atoms with Gasteiger partial charge in [0.25, 0.3) is 5.89 Å². The molecule has 6 heteroatoms. The lowest BCUT2D eigenvalue weighted by molar-refractivity contribution is 0.231. The molecular formula is C15H21N3O3. The van der Waals surface area contributed by atoms with Crippen molar-refractivity contribution in [2.75, 3.05) is 7.11 Å². The largest absolute Gasteiger partial charge is 0.493 e. The molecule has 0 bridgehead atoms. The Balaban J connectivity index is 2.18. The number of hydrogen-bond donors (Lipinski definition) is 1. The summed E-state index contributed by atoms with van der Waals surface area (Å²) in [4.78, 5) is 4.12. The Morgan fingerprint density at radius 2 is 2.19 bits per heavy atom. The van der Waals surface area contributed by atoms with Crippen LogP contribution < -0.4 is 15.2 Å². The summed E-state index contributed by atoms with van der Waals surface area (Å²) in [7, 11) is 1.61. The fraction of sp³-hybridized carbons (Fsp3) is 0.467. The average molecular weight is 291 g/mol. The third-order valence-corrected chi connectivity index (χ3v) is 3.20. The zero-order chi connectivity index (χ0) is 15.2. The van der Waals surface area contributed by atoms with E-state index >= 15 is 0 Å². The fourth-order valence-electron chi connectivity index (χ4n) is 2.01. The van der Waals surface area contributed by atoms with Crippen LogP contribution in [0.5, 0.6) is 11.5 Å². The summed E-state index contributed by atoms with van der Waals surface area (Å²) in [5.41, 5.74) is 7.05. The normalized spacial score (nSPS) is 12.2. The average Bonchev–Trinajstić information content (AvgIpc) is 2.91. The van der Waals surface area contributed by atoms with Crippen molar-refractivity contribution in [3.8, 4) is 11.5 Å². The number of rotatable bonds is 7. The number of hydrogen-bond acceptors (Lipinski definition) is 6. The van der Waals surface area contributed by atoms with Crippen molar-refractivity contribution < 1.29 is 14.0 Å². The van der Waals surface area contributed by atoms with E-state index < -0.39 is 0 Å². The highest BCUT2D eigenvalue weighted by Crippen LogP contribution is 2.32. The zero-order valence-electron chi connectivity index (χ0n) is 12.6. The van der Waals surface area contributed by atoms with E-state index in [1.807, 2.05) is 18.2 Å². The highest BCUT2D eigenvalue weighted by Gasteiger charge is 2.14. The smallest absolute Gasteiger partial charge is 0.264 e. The second-order valence-electron chi connectivity index (χ2n) is 4.84. The predicted octanol–water partition coefficient (Wildman–Crippen LogP) is 2.25. The van der Waals surface area contributed by atoms with Crippen molar-refractivity contribution in [1.29, 1.82) is 0 Å². The monoisotopic (exact) mass is 291 g/mol. The summed E-state index contributed by atoms with van der Waals surface area (Å²) in [6, 6.07) is 5.87. The molecule has 1 heterocycles. The molecule has 0 radical (unpaired) electrons. The Labute approximate surface area is 124 Å². The molecule has 2 N–H and O–H groups in total. The summed E-state index contributed by atoms with van der Waals surface area (Å²) < 4.78 is 16.2. The minimum absolute atomic E-state index is 0.0881. The van der Waals surface area contributed by atoms with Gasteiger partial charge >= 0.3 is 0 Å². The minimum atomic E-state index is 0.0881. The van der Waals surface area contributed by atoms with Crippen LogP contribution in [0.1, 0.15) is 30.6 Å². The van der Waals surface area contributed by atoms with Crippen LogP contribution >= 0.6 is 0 Å². The van der Waals surface area contributed by atoms with E-state index in [2.05, 4.69) is 17.1 Å². The fourth-order valence-corrected chi connectivity index (χ4v) is 2.01. The van der Waals surface area contributed by atoms with Crippen molar-refractivity contribution >= 4 is 0 Å². The molecule has 0 aliphatic heterocycles. The maximum Gasteiger partial charge on any atom is 0.264 e. The van der Waals surface area contributed by atoms with E-state index in [1.54, 1.807) is 14.0 Å². The quantitative estimate of drug-likeness (QED) is 0.842. The molecule has 6 nitrogen and oxygen atoms in total. The Morgan fingerprint density at radius 1 is 1.38 bits per heavy atom. The molecule has 21 heavy (non-hydrogen) atoms. The number of aryl methyl sites for hydroxylation is 1. The van der Waals surface area contributed by atoms with Crippen LogP contribution in [-0.2, 0) is 13.0 Å². The minimum Gasteiger partial charge on any atom is -0.493 e. The lowest BCUT2D eigenvalue weighted by Crippen LogP contribution is -2.21. The Kier molecular flexibility index (Phi) is 5.16. The van der Waals surface area contributed by atoms with Crippen LogP contribution in [0.25, 0.3) is 0 Å². The number of aromatic nitrogens is 2. The van der Waals surface area contributed by atoms with E-state index in [-0.39, 0.29) is 12.6 Å². The molecule has 2 rings (SSSR count). The van der Waals surface area contributed by atoms with Gasteiger partial charge in [0.1, 0.15) is 0 Å². The maximum absolute atomic E-state index is 6.04. The number of nitrogens with zero attached hydrogens (tertiary/aromatic N) is 2. The molecule has 0 aliphatic rings.